The van der Waals surface area contributed by atoms with Crippen molar-refractivity contribution in [3.8, 4) is 0 Å². The van der Waals surface area contributed by atoms with E-state index in [9.17, 15) is 4.79 Å². The van der Waals surface area contributed by atoms with Gasteiger partial charge in [-0.1, -0.05) is 6.08 Å². The van der Waals surface area contributed by atoms with Crippen molar-refractivity contribution >= 4 is 23.6 Å². The summed E-state index contributed by atoms with van der Waals surface area (Å²) >= 11 is 5.21. The molecule has 0 saturated carbocycles. The van der Waals surface area contributed by atoms with Crippen molar-refractivity contribution < 1.29 is 9.90 Å². The molecule has 0 radical (unpaired) electrons. The van der Waals surface area contributed by atoms with Crippen LogP contribution in [0, 0.1) is 0 Å². The lowest BCUT2D eigenvalue weighted by molar-refractivity contribution is -0.132. The number of carboxylic acids is 1. The minimum atomic E-state index is -0.995. The molecule has 0 saturated heterocycles. The minimum Gasteiger partial charge on any atom is -0.478 e. The average Bonchev–Trinajstić information content (AvgIpc) is 2.46. The first-order valence-electron chi connectivity index (χ1n) is 3.26. The van der Waals surface area contributed by atoms with E-state index in [1.165, 1.54) is 6.20 Å². The number of halogens is 1. The van der Waals surface area contributed by atoms with Crippen molar-refractivity contribution in [3.63, 3.8) is 0 Å². The lowest BCUT2D eigenvalue weighted by Gasteiger charge is -1.97. The second-order valence-electron chi connectivity index (χ2n) is 2.14. The summed E-state index contributed by atoms with van der Waals surface area (Å²) in [5, 5.41) is 11.3. The first-order valence-corrected chi connectivity index (χ1v) is 3.60. The molecule has 5 heteroatoms. The number of nitrogens with zero attached hydrogens (tertiary/aromatic N) is 1. The van der Waals surface area contributed by atoms with Gasteiger partial charge in [-0.3, -0.25) is 0 Å². The molecule has 0 aromatic rings. The number of nitrogens with one attached hydrogen (secondary N) is 1. The van der Waals surface area contributed by atoms with E-state index in [1.54, 1.807) is 13.0 Å². The highest BCUT2D eigenvalue weighted by Gasteiger charge is 2.22. The van der Waals surface area contributed by atoms with Crippen LogP contribution >= 0.6 is 11.8 Å². The van der Waals surface area contributed by atoms with E-state index in [1.807, 2.05) is 0 Å². The van der Waals surface area contributed by atoms with Gasteiger partial charge in [-0.15, -0.1) is 0 Å². The summed E-state index contributed by atoms with van der Waals surface area (Å²) in [6.07, 6.45) is 3.00. The monoisotopic (exact) mass is 186 g/mol. The molecule has 0 amide bonds. The Bertz CT molecular complexity index is 305. The highest BCUT2D eigenvalue weighted by Crippen LogP contribution is 2.16. The summed E-state index contributed by atoms with van der Waals surface area (Å²) in [6, 6.07) is 0. The summed E-state index contributed by atoms with van der Waals surface area (Å²) in [5.41, 5.74) is 0.689. The molecule has 0 aliphatic carbocycles. The van der Waals surface area contributed by atoms with Crippen LogP contribution in [0.2, 0.25) is 0 Å². The molecule has 0 bridgehead atoms. The maximum Gasteiger partial charge on any atom is 0.337 e. The Kier molecular flexibility index (Phi) is 2.50. The molecule has 2 N–H and O–H groups in total. The lowest BCUT2D eigenvalue weighted by Crippen LogP contribution is -2.12. The number of hydrogen-bond acceptors (Lipinski definition) is 2. The van der Waals surface area contributed by atoms with Gasteiger partial charge in [0.1, 0.15) is 0 Å². The van der Waals surface area contributed by atoms with Crippen LogP contribution in [0.4, 0.5) is 0 Å². The topological polar surface area (TPSA) is 61.7 Å². The van der Waals surface area contributed by atoms with Crippen LogP contribution < -0.4 is 5.32 Å². The Hall–Kier alpha value is -1.29. The zero-order valence-corrected chi connectivity index (χ0v) is 7.09. The first kappa shape index (κ1) is 8.80. The molecule has 1 aliphatic rings. The fraction of sp³-hybridized carbons (Fsp3) is 0.143. The van der Waals surface area contributed by atoms with E-state index >= 15 is 0 Å². The van der Waals surface area contributed by atoms with Gasteiger partial charge in [0.2, 0.25) is 0 Å². The fourth-order valence-electron chi connectivity index (χ4n) is 0.963. The van der Waals surface area contributed by atoms with Crippen LogP contribution in [0.15, 0.2) is 27.9 Å². The summed E-state index contributed by atoms with van der Waals surface area (Å²) in [5.74, 6) is -0.623. The minimum absolute atomic E-state index is 0.178. The Balaban J connectivity index is 3.03. The van der Waals surface area contributed by atoms with Gasteiger partial charge in [0.05, 0.1) is 5.57 Å². The Labute approximate surface area is 74.4 Å². The lowest BCUT2D eigenvalue weighted by atomic mass is 10.1. The predicted molar refractivity (Wildman–Crippen MR) is 45.9 cm³/mol. The van der Waals surface area contributed by atoms with Crippen LogP contribution in [-0.4, -0.2) is 16.9 Å². The van der Waals surface area contributed by atoms with E-state index in [2.05, 4.69) is 9.83 Å². The summed E-state index contributed by atoms with van der Waals surface area (Å²) < 4.78 is 3.37. The molecule has 0 fully saturated rings. The Morgan fingerprint density at radius 2 is 2.50 bits per heavy atom. The largest absolute Gasteiger partial charge is 0.478 e. The standard InChI is InChI=1S/C7H7ClN2O2/c1-2-4-5(7(11)12)3-9-6(4)10-8/h2-3H,1H3,(H,9,10)(H,11,12)/b4-2-. The van der Waals surface area contributed by atoms with Crippen molar-refractivity contribution in [2.45, 2.75) is 6.92 Å². The molecule has 0 aromatic heterocycles. The van der Waals surface area contributed by atoms with Crippen LogP contribution in [0.1, 0.15) is 6.92 Å². The van der Waals surface area contributed by atoms with Crippen molar-refractivity contribution in [3.05, 3.63) is 23.4 Å². The molecule has 0 atom stereocenters. The van der Waals surface area contributed by atoms with Crippen LogP contribution in [-0.2, 0) is 4.79 Å². The number of aliphatic carboxylic acids is 1. The summed E-state index contributed by atoms with van der Waals surface area (Å²) in [7, 11) is 0. The van der Waals surface area contributed by atoms with E-state index < -0.39 is 5.97 Å². The molecule has 1 rings (SSSR count). The molecule has 64 valence electrons. The number of hydrogen-bond donors (Lipinski definition) is 2. The van der Waals surface area contributed by atoms with E-state index in [-0.39, 0.29) is 5.57 Å². The Morgan fingerprint density at radius 1 is 1.83 bits per heavy atom. The molecular formula is C7H7ClN2O2. The molecule has 0 spiro atoms. The normalized spacial score (nSPS) is 22.7. The molecule has 1 heterocycles. The average molecular weight is 187 g/mol. The molecule has 0 unspecified atom stereocenters. The summed E-state index contributed by atoms with van der Waals surface area (Å²) in [4.78, 5) is 10.6. The quantitative estimate of drug-likeness (QED) is 0.644. The predicted octanol–water partition coefficient (Wildman–Crippen LogP) is 1.06. The third-order valence-corrected chi connectivity index (χ3v) is 1.67. The molecule has 4 nitrogen and oxygen atoms in total. The summed E-state index contributed by atoms with van der Waals surface area (Å²) in [6.45, 7) is 1.72. The van der Waals surface area contributed by atoms with E-state index in [0.717, 1.165) is 0 Å². The molecule has 1 aliphatic heterocycles. The highest BCUT2D eigenvalue weighted by atomic mass is 35.5. The molecular weight excluding hydrogens is 180 g/mol. The van der Waals surface area contributed by atoms with Gasteiger partial charge in [-0.25, -0.2) is 4.79 Å². The Morgan fingerprint density at radius 3 is 2.92 bits per heavy atom. The first-order chi connectivity index (χ1) is 5.70. The van der Waals surface area contributed by atoms with E-state index in [0.29, 0.717) is 11.4 Å². The van der Waals surface area contributed by atoms with E-state index in [4.69, 9.17) is 16.9 Å². The van der Waals surface area contributed by atoms with Gasteiger partial charge in [0.15, 0.2) is 5.84 Å². The van der Waals surface area contributed by atoms with Crippen molar-refractivity contribution in [2.24, 2.45) is 4.51 Å². The smallest absolute Gasteiger partial charge is 0.337 e. The maximum absolute atomic E-state index is 10.6. The van der Waals surface area contributed by atoms with Crippen LogP contribution in [0.3, 0.4) is 0 Å². The second kappa shape index (κ2) is 3.40. The number of carbonyl (C=O) groups is 1. The number of rotatable bonds is 1. The second-order valence-corrected chi connectivity index (χ2v) is 2.31. The molecule has 0 aromatic carbocycles. The third-order valence-electron chi connectivity index (χ3n) is 1.50. The molecule has 12 heavy (non-hydrogen) atoms. The maximum atomic E-state index is 10.6. The van der Waals surface area contributed by atoms with Gasteiger partial charge in [0, 0.05) is 23.5 Å². The number of carboxylic acid groups (broad SMARTS) is 1. The van der Waals surface area contributed by atoms with Gasteiger partial charge in [-0.05, 0) is 6.92 Å². The zero-order valence-electron chi connectivity index (χ0n) is 6.34. The zero-order chi connectivity index (χ0) is 9.14. The SMILES string of the molecule is C/C=C1/C(C(=O)O)=CNC1=NCl. The van der Waals surface area contributed by atoms with Gasteiger partial charge in [0.25, 0.3) is 0 Å². The van der Waals surface area contributed by atoms with Crippen molar-refractivity contribution in [1.82, 2.24) is 5.32 Å². The number of allylic oxidation sites excluding steroid dienone is 1. The van der Waals surface area contributed by atoms with Crippen LogP contribution in [0.25, 0.3) is 0 Å². The van der Waals surface area contributed by atoms with Gasteiger partial charge in [-0.2, -0.15) is 4.51 Å². The highest BCUT2D eigenvalue weighted by molar-refractivity contribution is 6.25. The van der Waals surface area contributed by atoms with Crippen molar-refractivity contribution in [2.75, 3.05) is 0 Å². The van der Waals surface area contributed by atoms with Crippen molar-refractivity contribution in [1.29, 1.82) is 0 Å². The van der Waals surface area contributed by atoms with Gasteiger partial charge < -0.3 is 10.4 Å². The third kappa shape index (κ3) is 1.33. The fourth-order valence-corrected chi connectivity index (χ4v) is 1.10. The number of amidine groups is 1. The van der Waals surface area contributed by atoms with Gasteiger partial charge >= 0.3 is 5.97 Å². The van der Waals surface area contributed by atoms with Crippen LogP contribution in [0.5, 0.6) is 0 Å².